The molecule has 1 N–H and O–H groups in total. The minimum atomic E-state index is 0.558. The first-order valence-electron chi connectivity index (χ1n) is 5.83. The summed E-state index contributed by atoms with van der Waals surface area (Å²) in [5.74, 6) is 1.51. The lowest BCUT2D eigenvalue weighted by atomic mass is 9.98. The van der Waals surface area contributed by atoms with Crippen LogP contribution in [0.25, 0.3) is 0 Å². The second-order valence-electron chi connectivity index (χ2n) is 4.44. The highest BCUT2D eigenvalue weighted by Gasteiger charge is 2.17. The Morgan fingerprint density at radius 3 is 3.12 bits per heavy atom. The van der Waals surface area contributed by atoms with Crippen LogP contribution in [-0.2, 0) is 0 Å². The summed E-state index contributed by atoms with van der Waals surface area (Å²) in [5.41, 5.74) is 1.36. The first kappa shape index (κ1) is 11.4. The highest BCUT2D eigenvalue weighted by Crippen LogP contribution is 2.22. The molecule has 1 aromatic rings. The third-order valence-electron chi connectivity index (χ3n) is 3.16. The average Bonchev–Trinajstić information content (AvgIpc) is 2.54. The Kier molecular flexibility index (Phi) is 3.80. The standard InChI is InChI=1S/C13H20N2O/c1-15-7-6-14-9-12(10-15)11-4-3-5-13(8-11)16-2/h3-5,8,12,14H,6-7,9-10H2,1-2H3. The van der Waals surface area contributed by atoms with Crippen molar-refractivity contribution in [3.63, 3.8) is 0 Å². The number of rotatable bonds is 2. The molecule has 88 valence electrons. The van der Waals surface area contributed by atoms with Crippen molar-refractivity contribution in [1.29, 1.82) is 0 Å². The van der Waals surface area contributed by atoms with Crippen molar-refractivity contribution in [2.75, 3.05) is 40.3 Å². The third kappa shape index (κ3) is 2.74. The highest BCUT2D eigenvalue weighted by atomic mass is 16.5. The summed E-state index contributed by atoms with van der Waals surface area (Å²) in [5, 5.41) is 3.48. The number of ether oxygens (including phenoxy) is 1. The SMILES string of the molecule is COc1cccc(C2CNCCN(C)C2)c1. The van der Waals surface area contributed by atoms with Crippen molar-refractivity contribution in [3.8, 4) is 5.75 Å². The van der Waals surface area contributed by atoms with Gasteiger partial charge in [-0.2, -0.15) is 0 Å². The van der Waals surface area contributed by atoms with Crippen LogP contribution in [0.15, 0.2) is 24.3 Å². The maximum atomic E-state index is 5.27. The van der Waals surface area contributed by atoms with Crippen molar-refractivity contribution in [3.05, 3.63) is 29.8 Å². The summed E-state index contributed by atoms with van der Waals surface area (Å²) in [6, 6.07) is 8.40. The summed E-state index contributed by atoms with van der Waals surface area (Å²) < 4.78 is 5.27. The molecule has 1 atom stereocenters. The molecule has 0 amide bonds. The molecule has 2 rings (SSSR count). The van der Waals surface area contributed by atoms with Gasteiger partial charge in [-0.3, -0.25) is 0 Å². The van der Waals surface area contributed by atoms with Crippen LogP contribution in [-0.4, -0.2) is 45.2 Å². The molecule has 0 aliphatic carbocycles. The lowest BCUT2D eigenvalue weighted by Gasteiger charge is -2.20. The Hall–Kier alpha value is -1.06. The molecule has 0 spiro atoms. The number of hydrogen-bond donors (Lipinski definition) is 1. The summed E-state index contributed by atoms with van der Waals surface area (Å²) in [6.07, 6.45) is 0. The van der Waals surface area contributed by atoms with Crippen LogP contribution < -0.4 is 10.1 Å². The largest absolute Gasteiger partial charge is 0.497 e. The van der Waals surface area contributed by atoms with Gasteiger partial charge in [0.05, 0.1) is 7.11 Å². The Balaban J connectivity index is 2.14. The van der Waals surface area contributed by atoms with Crippen LogP contribution in [0, 0.1) is 0 Å². The van der Waals surface area contributed by atoms with Crippen LogP contribution >= 0.6 is 0 Å². The van der Waals surface area contributed by atoms with Crippen LogP contribution in [0.4, 0.5) is 0 Å². The smallest absolute Gasteiger partial charge is 0.119 e. The Labute approximate surface area is 97.4 Å². The van der Waals surface area contributed by atoms with Gasteiger partial charge < -0.3 is 15.0 Å². The van der Waals surface area contributed by atoms with Gasteiger partial charge in [0.25, 0.3) is 0 Å². The molecule has 0 radical (unpaired) electrons. The fraction of sp³-hybridized carbons (Fsp3) is 0.538. The fourth-order valence-electron chi connectivity index (χ4n) is 2.20. The normalized spacial score (nSPS) is 22.8. The lowest BCUT2D eigenvalue weighted by molar-refractivity contribution is 0.342. The predicted octanol–water partition coefficient (Wildman–Crippen LogP) is 1.31. The van der Waals surface area contributed by atoms with E-state index < -0.39 is 0 Å². The van der Waals surface area contributed by atoms with E-state index in [4.69, 9.17) is 4.74 Å². The minimum Gasteiger partial charge on any atom is -0.497 e. The summed E-state index contributed by atoms with van der Waals surface area (Å²) >= 11 is 0. The van der Waals surface area contributed by atoms with Gasteiger partial charge in [0.2, 0.25) is 0 Å². The molecule has 3 heteroatoms. The van der Waals surface area contributed by atoms with Crippen LogP contribution in [0.5, 0.6) is 5.75 Å². The number of likely N-dealkylation sites (N-methyl/N-ethyl adjacent to an activating group) is 1. The molecule has 1 saturated heterocycles. The van der Waals surface area contributed by atoms with E-state index in [0.717, 1.165) is 31.9 Å². The third-order valence-corrected chi connectivity index (χ3v) is 3.16. The number of methoxy groups -OCH3 is 1. The van der Waals surface area contributed by atoms with Gasteiger partial charge in [-0.1, -0.05) is 12.1 Å². The molecule has 1 aliphatic heterocycles. The first-order chi connectivity index (χ1) is 7.79. The van der Waals surface area contributed by atoms with Crippen molar-refractivity contribution in [2.24, 2.45) is 0 Å². The number of benzene rings is 1. The number of nitrogens with zero attached hydrogens (tertiary/aromatic N) is 1. The van der Waals surface area contributed by atoms with Crippen LogP contribution in [0.3, 0.4) is 0 Å². The zero-order valence-corrected chi connectivity index (χ0v) is 10.1. The molecule has 1 unspecified atom stereocenters. The monoisotopic (exact) mass is 220 g/mol. The Bertz CT molecular complexity index is 340. The zero-order valence-electron chi connectivity index (χ0n) is 10.1. The van der Waals surface area contributed by atoms with Gasteiger partial charge in [0.1, 0.15) is 5.75 Å². The molecule has 0 saturated carbocycles. The summed E-state index contributed by atoms with van der Waals surface area (Å²) in [6.45, 7) is 4.37. The lowest BCUT2D eigenvalue weighted by Crippen LogP contribution is -2.24. The summed E-state index contributed by atoms with van der Waals surface area (Å²) in [4.78, 5) is 2.38. The van der Waals surface area contributed by atoms with E-state index in [1.165, 1.54) is 5.56 Å². The highest BCUT2D eigenvalue weighted by molar-refractivity contribution is 5.31. The van der Waals surface area contributed by atoms with Gasteiger partial charge in [0, 0.05) is 32.1 Å². The molecule has 1 aliphatic rings. The van der Waals surface area contributed by atoms with Gasteiger partial charge in [0.15, 0.2) is 0 Å². The fourth-order valence-corrected chi connectivity index (χ4v) is 2.20. The maximum absolute atomic E-state index is 5.27. The molecule has 1 aromatic carbocycles. The molecule has 1 heterocycles. The predicted molar refractivity (Wildman–Crippen MR) is 66.1 cm³/mol. The van der Waals surface area contributed by atoms with Crippen LogP contribution in [0.2, 0.25) is 0 Å². The molecule has 16 heavy (non-hydrogen) atoms. The molecule has 0 aromatic heterocycles. The van der Waals surface area contributed by atoms with Crippen molar-refractivity contribution in [2.45, 2.75) is 5.92 Å². The van der Waals surface area contributed by atoms with Crippen molar-refractivity contribution < 1.29 is 4.74 Å². The summed E-state index contributed by atoms with van der Waals surface area (Å²) in [7, 11) is 3.90. The van der Waals surface area contributed by atoms with E-state index >= 15 is 0 Å². The van der Waals surface area contributed by atoms with Gasteiger partial charge in [-0.15, -0.1) is 0 Å². The molecular formula is C13H20N2O. The minimum absolute atomic E-state index is 0.558. The molecule has 0 bridgehead atoms. The molecular weight excluding hydrogens is 200 g/mol. The Morgan fingerprint density at radius 2 is 2.31 bits per heavy atom. The van der Waals surface area contributed by atoms with E-state index in [1.54, 1.807) is 7.11 Å². The molecule has 1 fully saturated rings. The molecule has 3 nitrogen and oxygen atoms in total. The average molecular weight is 220 g/mol. The maximum Gasteiger partial charge on any atom is 0.119 e. The van der Waals surface area contributed by atoms with Crippen molar-refractivity contribution in [1.82, 2.24) is 10.2 Å². The zero-order chi connectivity index (χ0) is 11.4. The van der Waals surface area contributed by atoms with E-state index in [9.17, 15) is 0 Å². The van der Waals surface area contributed by atoms with Crippen molar-refractivity contribution >= 4 is 0 Å². The van der Waals surface area contributed by atoms with E-state index in [-0.39, 0.29) is 0 Å². The number of hydrogen-bond acceptors (Lipinski definition) is 3. The van der Waals surface area contributed by atoms with E-state index in [2.05, 4.69) is 35.5 Å². The van der Waals surface area contributed by atoms with Gasteiger partial charge in [-0.25, -0.2) is 0 Å². The van der Waals surface area contributed by atoms with E-state index in [1.807, 2.05) is 6.07 Å². The second kappa shape index (κ2) is 5.32. The first-order valence-corrected chi connectivity index (χ1v) is 5.83. The Morgan fingerprint density at radius 1 is 1.44 bits per heavy atom. The number of nitrogens with one attached hydrogen (secondary N) is 1. The van der Waals surface area contributed by atoms with Crippen LogP contribution in [0.1, 0.15) is 11.5 Å². The van der Waals surface area contributed by atoms with E-state index in [0.29, 0.717) is 5.92 Å². The quantitative estimate of drug-likeness (QED) is 0.813. The topological polar surface area (TPSA) is 24.5 Å². The van der Waals surface area contributed by atoms with Gasteiger partial charge >= 0.3 is 0 Å². The second-order valence-corrected chi connectivity index (χ2v) is 4.44. The van der Waals surface area contributed by atoms with Gasteiger partial charge in [-0.05, 0) is 24.7 Å².